The number of carbonyl (C=O) groups excluding carboxylic acids is 2. The second-order valence-corrected chi connectivity index (χ2v) is 10.9. The number of likely N-dealkylation sites (tertiary alicyclic amines) is 1. The van der Waals surface area contributed by atoms with Crippen LogP contribution in [0.15, 0.2) is 18.2 Å². The van der Waals surface area contributed by atoms with Crippen molar-refractivity contribution in [2.75, 3.05) is 39.3 Å². The molecule has 10 nitrogen and oxygen atoms in total. The summed E-state index contributed by atoms with van der Waals surface area (Å²) < 4.78 is 42.0. The Morgan fingerprint density at radius 3 is 2.71 bits per heavy atom. The van der Waals surface area contributed by atoms with Crippen LogP contribution in [0.25, 0.3) is 0 Å². The average Bonchev–Trinajstić information content (AvgIpc) is 3.28. The van der Waals surface area contributed by atoms with Gasteiger partial charge in [-0.05, 0) is 37.0 Å². The number of halogens is 1. The van der Waals surface area contributed by atoms with Crippen molar-refractivity contribution >= 4 is 22.0 Å². The highest BCUT2D eigenvalue weighted by Crippen LogP contribution is 2.24. The van der Waals surface area contributed by atoms with Crippen LogP contribution in [0.5, 0.6) is 0 Å². The van der Waals surface area contributed by atoms with Gasteiger partial charge in [-0.1, -0.05) is 12.1 Å². The van der Waals surface area contributed by atoms with Gasteiger partial charge in [0.25, 0.3) is 10.2 Å². The average molecular weight is 493 g/mol. The molecule has 184 valence electrons. The maximum absolute atomic E-state index is 13.8. The number of hydrogen-bond donors (Lipinski definition) is 2. The molecule has 0 aromatic heterocycles. The van der Waals surface area contributed by atoms with Crippen molar-refractivity contribution in [1.29, 1.82) is 5.26 Å². The minimum absolute atomic E-state index is 0.0254. The van der Waals surface area contributed by atoms with Crippen LogP contribution in [-0.2, 0) is 26.3 Å². The standard InChI is InChI=1S/C22H29FN6O4S/c1-15-4-5-16(9-18(15)23)11-26-21(30)20-3-2-7-29(20)22(31)19-14-27(8-6-25-19)34(32,33)28-12-17(10-24)13-28/h4-5,9,17,19-20,25H,2-3,6-8,11-14H2,1H3,(H,26,30)/t19-,20+/m0/s1. The van der Waals surface area contributed by atoms with Crippen LogP contribution in [-0.4, -0.2) is 85.1 Å². The highest BCUT2D eigenvalue weighted by Gasteiger charge is 2.44. The normalized spacial score (nSPS) is 24.4. The van der Waals surface area contributed by atoms with E-state index in [1.165, 1.54) is 19.6 Å². The lowest BCUT2D eigenvalue weighted by Crippen LogP contribution is -2.63. The Bertz CT molecular complexity index is 1100. The summed E-state index contributed by atoms with van der Waals surface area (Å²) in [7, 11) is -3.74. The number of rotatable bonds is 6. The van der Waals surface area contributed by atoms with E-state index in [1.807, 2.05) is 0 Å². The Morgan fingerprint density at radius 1 is 1.24 bits per heavy atom. The topological polar surface area (TPSA) is 126 Å². The molecule has 1 aromatic carbocycles. The third-order valence-corrected chi connectivity index (χ3v) is 8.60. The van der Waals surface area contributed by atoms with Crippen molar-refractivity contribution in [1.82, 2.24) is 24.1 Å². The summed E-state index contributed by atoms with van der Waals surface area (Å²) in [5.74, 6) is -1.25. The lowest BCUT2D eigenvalue weighted by Gasteiger charge is -2.41. The van der Waals surface area contributed by atoms with Crippen LogP contribution in [0.4, 0.5) is 4.39 Å². The first kappa shape index (κ1) is 24.5. The number of nitriles is 1. The minimum atomic E-state index is -3.74. The van der Waals surface area contributed by atoms with Gasteiger partial charge in [0.15, 0.2) is 0 Å². The van der Waals surface area contributed by atoms with Crippen LogP contribution in [0, 0.1) is 30.0 Å². The summed E-state index contributed by atoms with van der Waals surface area (Å²) >= 11 is 0. The molecular formula is C22H29FN6O4S. The zero-order valence-electron chi connectivity index (χ0n) is 19.0. The second-order valence-electron chi connectivity index (χ2n) is 9.01. The van der Waals surface area contributed by atoms with E-state index in [4.69, 9.17) is 5.26 Å². The molecule has 12 heteroatoms. The molecule has 0 radical (unpaired) electrons. The third-order valence-electron chi connectivity index (χ3n) is 6.66. The molecule has 0 bridgehead atoms. The van der Waals surface area contributed by atoms with Crippen LogP contribution in [0.3, 0.4) is 0 Å². The number of carbonyl (C=O) groups is 2. The smallest absolute Gasteiger partial charge is 0.282 e. The Hall–Kier alpha value is -2.59. The van der Waals surface area contributed by atoms with E-state index in [9.17, 15) is 22.4 Å². The van der Waals surface area contributed by atoms with Crippen molar-refractivity contribution in [2.24, 2.45) is 5.92 Å². The van der Waals surface area contributed by atoms with Gasteiger partial charge in [-0.15, -0.1) is 0 Å². The molecule has 2 atom stereocenters. The zero-order valence-corrected chi connectivity index (χ0v) is 19.9. The minimum Gasteiger partial charge on any atom is -0.350 e. The molecule has 3 aliphatic rings. The molecule has 0 unspecified atom stereocenters. The number of piperazine rings is 1. The summed E-state index contributed by atoms with van der Waals surface area (Å²) in [6.45, 7) is 3.09. The van der Waals surface area contributed by atoms with Crippen LogP contribution < -0.4 is 10.6 Å². The van der Waals surface area contributed by atoms with Gasteiger partial charge in [0.05, 0.1) is 12.0 Å². The highest BCUT2D eigenvalue weighted by atomic mass is 32.2. The van der Waals surface area contributed by atoms with Gasteiger partial charge in [-0.25, -0.2) is 4.39 Å². The Kier molecular flexibility index (Phi) is 7.18. The number of benzene rings is 1. The molecule has 3 heterocycles. The lowest BCUT2D eigenvalue weighted by molar-refractivity contribution is -0.140. The van der Waals surface area contributed by atoms with Crippen LogP contribution in [0.2, 0.25) is 0 Å². The molecule has 0 spiro atoms. The number of hydrogen-bond acceptors (Lipinski definition) is 6. The van der Waals surface area contributed by atoms with E-state index in [0.717, 1.165) is 0 Å². The first-order chi connectivity index (χ1) is 16.2. The zero-order chi connectivity index (χ0) is 24.5. The molecule has 34 heavy (non-hydrogen) atoms. The fourth-order valence-corrected chi connectivity index (χ4v) is 6.25. The largest absolute Gasteiger partial charge is 0.350 e. The van der Waals surface area contributed by atoms with Gasteiger partial charge in [-0.3, -0.25) is 9.59 Å². The second kappa shape index (κ2) is 9.95. The Balaban J connectivity index is 1.36. The van der Waals surface area contributed by atoms with E-state index < -0.39 is 22.3 Å². The number of nitrogens with one attached hydrogen (secondary N) is 2. The predicted octanol–water partition coefficient (Wildman–Crippen LogP) is -0.285. The van der Waals surface area contributed by atoms with Gasteiger partial charge >= 0.3 is 0 Å². The summed E-state index contributed by atoms with van der Waals surface area (Å²) in [6.07, 6.45) is 1.18. The fraction of sp³-hybridized carbons (Fsp3) is 0.591. The molecule has 0 aliphatic carbocycles. The molecule has 2 amide bonds. The van der Waals surface area contributed by atoms with E-state index in [-0.39, 0.29) is 56.3 Å². The quantitative estimate of drug-likeness (QED) is 0.562. The Labute approximate surface area is 198 Å². The van der Waals surface area contributed by atoms with Crippen molar-refractivity contribution in [3.63, 3.8) is 0 Å². The van der Waals surface area contributed by atoms with Gasteiger partial charge in [-0.2, -0.15) is 22.3 Å². The van der Waals surface area contributed by atoms with E-state index >= 15 is 0 Å². The Morgan fingerprint density at radius 2 is 2.00 bits per heavy atom. The molecule has 3 fully saturated rings. The first-order valence-electron chi connectivity index (χ1n) is 11.4. The third kappa shape index (κ3) is 4.93. The van der Waals surface area contributed by atoms with Crippen LogP contribution >= 0.6 is 0 Å². The first-order valence-corrected chi connectivity index (χ1v) is 12.8. The van der Waals surface area contributed by atoms with E-state index in [2.05, 4.69) is 16.7 Å². The van der Waals surface area contributed by atoms with Gasteiger partial charge in [0.2, 0.25) is 11.8 Å². The summed E-state index contributed by atoms with van der Waals surface area (Å²) in [5, 5.41) is 14.8. The summed E-state index contributed by atoms with van der Waals surface area (Å²) in [6, 6.07) is 5.43. The predicted molar refractivity (Wildman–Crippen MR) is 121 cm³/mol. The van der Waals surface area contributed by atoms with Gasteiger partial charge < -0.3 is 15.5 Å². The van der Waals surface area contributed by atoms with Crippen molar-refractivity contribution in [2.45, 2.75) is 38.4 Å². The molecule has 1 aromatic rings. The maximum atomic E-state index is 13.8. The lowest BCUT2D eigenvalue weighted by atomic mass is 10.1. The molecular weight excluding hydrogens is 463 g/mol. The fourth-order valence-electron chi connectivity index (χ4n) is 4.53. The molecule has 0 saturated carbocycles. The number of nitrogens with zero attached hydrogens (tertiary/aromatic N) is 4. The van der Waals surface area contributed by atoms with Crippen LogP contribution in [0.1, 0.15) is 24.0 Å². The molecule has 3 aliphatic heterocycles. The molecule has 4 rings (SSSR count). The van der Waals surface area contributed by atoms with Crippen molar-refractivity contribution in [3.8, 4) is 6.07 Å². The summed E-state index contributed by atoms with van der Waals surface area (Å²) in [5.41, 5.74) is 1.16. The van der Waals surface area contributed by atoms with E-state index in [0.29, 0.717) is 37.1 Å². The maximum Gasteiger partial charge on any atom is 0.282 e. The van der Waals surface area contributed by atoms with E-state index in [1.54, 1.807) is 19.1 Å². The van der Waals surface area contributed by atoms with Crippen molar-refractivity contribution in [3.05, 3.63) is 35.1 Å². The summed E-state index contributed by atoms with van der Waals surface area (Å²) in [4.78, 5) is 27.6. The molecule has 2 N–H and O–H groups in total. The number of aryl methyl sites for hydroxylation is 1. The van der Waals surface area contributed by atoms with Gasteiger partial charge in [0.1, 0.15) is 17.9 Å². The monoisotopic (exact) mass is 492 g/mol. The molecule has 3 saturated heterocycles. The SMILES string of the molecule is Cc1ccc(CNC(=O)[C@H]2CCCN2C(=O)[C@@H]2CN(S(=O)(=O)N3CC(C#N)C3)CCN2)cc1F. The highest BCUT2D eigenvalue weighted by molar-refractivity contribution is 7.86. The van der Waals surface area contributed by atoms with Gasteiger partial charge in [0, 0.05) is 45.8 Å². The number of amides is 2. The van der Waals surface area contributed by atoms with Crippen molar-refractivity contribution < 1.29 is 22.4 Å².